The number of aromatic hydroxyl groups is 2. The number of fused-ring (bicyclic) bond motifs is 5. The minimum Gasteiger partial charge on any atom is -0.504 e. The summed E-state index contributed by atoms with van der Waals surface area (Å²) in [6, 6.07) is 32.3. The van der Waals surface area contributed by atoms with Gasteiger partial charge in [-0.05, 0) is 102 Å². The summed E-state index contributed by atoms with van der Waals surface area (Å²) in [4.78, 5) is 107. The first-order valence-corrected chi connectivity index (χ1v) is 28.6. The van der Waals surface area contributed by atoms with Gasteiger partial charge in [-0.15, -0.1) is 0 Å². The standard InChI is InChI=1S/C47H51NO14.C21H20O6/c1-25-31(60-43(56)36(52)35(28-16-10-7-11-17-28)48-41(54)29-18-12-8-13-19-29)23-47(57)40(61-42(55)30-20-14-9-15-21-30)38-45(6,32(51)22-33-46(38,24-58-33)62-27(3)50)39(53)37(59-26(2)49)34(25)44(47,4)5;1-26-20-11-14(5-9-18(20)24)3-7-16(22)13-17(23)8-4-15-6-10-19(25)21(12-15)27-2/h7-21,31-33,35-38,40,51-52,57H,22-24H2,1-6H3,(H,48,54);3-12,24-25H,13H2,1-2H3/b;7-3+,8-4+/t31-,32-,33+,35-,36+,37+,38-,40-,45+,46-,47+;/m0./s1. The SMILES string of the molecule is CC(=O)O[C@H]1C(=O)[C@@]2(C)[C@H]([C@H](OC(=O)c3ccccc3)[C@]3(O)C[C@H](OC(=O)[C@H](O)[C@@H](NC(=O)c4ccccc4)c4ccccc4)C(C)=C1C3(C)C)[C@]1(OC(C)=O)CO[C@@H]1C[C@@H]2O.COc1cc(/C=C/C(=O)CC(=O)/C=C/c2ccc(O)c(OC)c2)ccc1O. The van der Waals surface area contributed by atoms with Gasteiger partial charge in [0, 0.05) is 37.7 Å². The molecule has 1 amide bonds. The molecule has 2 bridgehead atoms. The number of aliphatic hydroxyl groups is 3. The Balaban J connectivity index is 0.000000317. The number of methoxy groups -OCH3 is 2. The lowest BCUT2D eigenvalue weighted by atomic mass is 9.44. The van der Waals surface area contributed by atoms with Crippen LogP contribution in [0.4, 0.5) is 0 Å². The second-order valence-corrected chi connectivity index (χ2v) is 23.0. The van der Waals surface area contributed by atoms with E-state index < -0.39 is 113 Å². The van der Waals surface area contributed by atoms with Crippen LogP contribution in [0.5, 0.6) is 23.0 Å². The summed E-state index contributed by atoms with van der Waals surface area (Å²) in [6.45, 7) is 7.97. The van der Waals surface area contributed by atoms with Gasteiger partial charge >= 0.3 is 23.9 Å². The van der Waals surface area contributed by atoms with Crippen LogP contribution in [0.25, 0.3) is 12.2 Å². The predicted octanol–water partition coefficient (Wildman–Crippen LogP) is 7.11. The van der Waals surface area contributed by atoms with Crippen molar-refractivity contribution in [1.29, 1.82) is 0 Å². The Morgan fingerprint density at radius 3 is 1.74 bits per heavy atom. The van der Waals surface area contributed by atoms with Crippen molar-refractivity contribution < 1.29 is 97.0 Å². The molecule has 1 aliphatic heterocycles. The van der Waals surface area contributed by atoms with Gasteiger partial charge in [-0.1, -0.05) is 105 Å². The molecule has 5 aromatic rings. The summed E-state index contributed by atoms with van der Waals surface area (Å²) in [5.41, 5.74) is -5.69. The number of esters is 4. The van der Waals surface area contributed by atoms with Crippen molar-refractivity contribution in [2.24, 2.45) is 16.7 Å². The monoisotopic (exact) mass is 1220 g/mol. The molecule has 6 N–H and O–H groups in total. The van der Waals surface area contributed by atoms with E-state index in [1.165, 1.54) is 64.5 Å². The quantitative estimate of drug-likeness (QED) is 0.0167. The first kappa shape index (κ1) is 65.7. The lowest BCUT2D eigenvalue weighted by Crippen LogP contribution is -2.82. The smallest absolute Gasteiger partial charge is 0.338 e. The Morgan fingerprint density at radius 2 is 1.25 bits per heavy atom. The number of hydrogen-bond acceptors (Lipinski definition) is 20. The van der Waals surface area contributed by atoms with Crippen LogP contribution in [-0.2, 0) is 52.5 Å². The molecular formula is C68H71NO20. The Morgan fingerprint density at radius 1 is 0.719 bits per heavy atom. The molecule has 0 unspecified atom stereocenters. The van der Waals surface area contributed by atoms with Gasteiger partial charge in [0.15, 0.2) is 58.2 Å². The topological polar surface area (TPSA) is 314 Å². The third-order valence-corrected chi connectivity index (χ3v) is 17.2. The molecule has 21 heteroatoms. The summed E-state index contributed by atoms with van der Waals surface area (Å²) in [5, 5.41) is 59.3. The van der Waals surface area contributed by atoms with Crippen LogP contribution in [0.2, 0.25) is 0 Å². The summed E-state index contributed by atoms with van der Waals surface area (Å²) >= 11 is 0. The van der Waals surface area contributed by atoms with Gasteiger partial charge in [0.2, 0.25) is 0 Å². The first-order valence-electron chi connectivity index (χ1n) is 28.6. The van der Waals surface area contributed by atoms with Gasteiger partial charge in [-0.25, -0.2) is 9.59 Å². The number of hydrogen-bond donors (Lipinski definition) is 6. The molecule has 468 valence electrons. The Hall–Kier alpha value is -9.28. The van der Waals surface area contributed by atoms with E-state index in [0.717, 1.165) is 13.8 Å². The molecule has 1 heterocycles. The number of ether oxygens (including phenoxy) is 7. The zero-order valence-corrected chi connectivity index (χ0v) is 50.2. The summed E-state index contributed by atoms with van der Waals surface area (Å²) < 4.78 is 40.3. The highest BCUT2D eigenvalue weighted by molar-refractivity contribution is 6.11. The Kier molecular flexibility index (Phi) is 19.9. The van der Waals surface area contributed by atoms with E-state index in [4.69, 9.17) is 33.2 Å². The molecule has 9 rings (SSSR count). The van der Waals surface area contributed by atoms with Crippen LogP contribution in [0.1, 0.15) is 104 Å². The van der Waals surface area contributed by atoms with Crippen LogP contribution in [0.15, 0.2) is 151 Å². The van der Waals surface area contributed by atoms with Gasteiger partial charge in [0.05, 0.1) is 56.3 Å². The van der Waals surface area contributed by atoms with Crippen LogP contribution in [0.3, 0.4) is 0 Å². The average molecular weight is 1220 g/mol. The first-order chi connectivity index (χ1) is 42.2. The Bertz CT molecular complexity index is 3530. The maximum Gasteiger partial charge on any atom is 0.338 e. The molecule has 3 aliphatic carbocycles. The van der Waals surface area contributed by atoms with Crippen molar-refractivity contribution in [2.75, 3.05) is 20.8 Å². The van der Waals surface area contributed by atoms with Crippen LogP contribution < -0.4 is 14.8 Å². The molecule has 4 aliphatic rings. The number of phenolic OH excluding ortho intramolecular Hbond substituents is 2. The number of carbonyl (C=O) groups is 8. The van der Waals surface area contributed by atoms with Crippen LogP contribution >= 0.6 is 0 Å². The number of allylic oxidation sites excluding steroid dienone is 2. The third-order valence-electron chi connectivity index (χ3n) is 17.2. The van der Waals surface area contributed by atoms with Crippen molar-refractivity contribution in [3.63, 3.8) is 0 Å². The van der Waals surface area contributed by atoms with E-state index in [1.807, 2.05) is 0 Å². The lowest BCUT2D eigenvalue weighted by molar-refractivity contribution is -0.346. The molecule has 3 fully saturated rings. The average Bonchev–Trinajstić information content (AvgIpc) is 0.700. The minimum atomic E-state index is -2.39. The van der Waals surface area contributed by atoms with Gasteiger partial charge in [0.1, 0.15) is 23.9 Å². The molecule has 0 radical (unpaired) electrons. The predicted molar refractivity (Wildman–Crippen MR) is 320 cm³/mol. The normalized spacial score (nSPS) is 25.5. The van der Waals surface area contributed by atoms with E-state index >= 15 is 4.79 Å². The number of ketones is 3. The van der Waals surface area contributed by atoms with Gasteiger partial charge in [-0.3, -0.25) is 28.8 Å². The summed E-state index contributed by atoms with van der Waals surface area (Å²) in [6.07, 6.45) is -5.07. The largest absolute Gasteiger partial charge is 0.504 e. The highest BCUT2D eigenvalue weighted by Gasteiger charge is 2.78. The number of nitrogens with one attached hydrogen (secondary N) is 1. The maximum atomic E-state index is 15.5. The number of carbonyl (C=O) groups excluding carboxylic acids is 8. The molecule has 2 saturated carbocycles. The van der Waals surface area contributed by atoms with Crippen molar-refractivity contribution in [3.05, 3.63) is 179 Å². The molecule has 89 heavy (non-hydrogen) atoms. The fourth-order valence-electron chi connectivity index (χ4n) is 12.4. The minimum absolute atomic E-state index is 0.00289. The summed E-state index contributed by atoms with van der Waals surface area (Å²) in [5.74, 6) is -6.92. The van der Waals surface area contributed by atoms with Crippen molar-refractivity contribution in [2.45, 2.75) is 115 Å². The van der Waals surface area contributed by atoms with E-state index in [9.17, 15) is 59.1 Å². The number of benzene rings is 5. The zero-order chi connectivity index (χ0) is 64.8. The van der Waals surface area contributed by atoms with E-state index in [2.05, 4.69) is 5.32 Å². The molecule has 11 atom stereocenters. The van der Waals surface area contributed by atoms with Crippen molar-refractivity contribution >= 4 is 59.3 Å². The van der Waals surface area contributed by atoms with Crippen molar-refractivity contribution in [3.8, 4) is 23.0 Å². The number of phenols is 2. The molecule has 1 saturated heterocycles. The third kappa shape index (κ3) is 13.4. The lowest BCUT2D eigenvalue weighted by Gasteiger charge is -2.67. The fourth-order valence-corrected chi connectivity index (χ4v) is 12.4. The Labute approximate surface area is 513 Å². The number of Topliss-reactive ketones (excluding diaryl/α,β-unsaturated/α-hetero) is 1. The van der Waals surface area contributed by atoms with Crippen LogP contribution in [-0.4, -0.2) is 141 Å². The second-order valence-electron chi connectivity index (χ2n) is 23.0. The molecular weight excluding hydrogens is 1150 g/mol. The van der Waals surface area contributed by atoms with Gasteiger partial charge < -0.3 is 64.0 Å². The number of aliphatic hydroxyl groups excluding tert-OH is 2. The fraction of sp³-hybridized carbons (Fsp3) is 0.353. The summed E-state index contributed by atoms with van der Waals surface area (Å²) in [7, 11) is 2.87. The molecule has 21 nitrogen and oxygen atoms in total. The number of rotatable bonds is 18. The van der Waals surface area contributed by atoms with Crippen molar-refractivity contribution in [1.82, 2.24) is 5.32 Å². The molecule has 0 spiro atoms. The van der Waals surface area contributed by atoms with E-state index in [0.29, 0.717) is 28.2 Å². The molecule has 5 aromatic carbocycles. The maximum absolute atomic E-state index is 15.5. The number of amides is 1. The van der Waals surface area contributed by atoms with Crippen LogP contribution in [0, 0.1) is 16.7 Å². The second kappa shape index (κ2) is 27.0. The van der Waals surface area contributed by atoms with E-state index in [1.54, 1.807) is 129 Å². The van der Waals surface area contributed by atoms with Gasteiger partial charge in [0.25, 0.3) is 5.91 Å². The zero-order valence-electron chi connectivity index (χ0n) is 50.2. The highest BCUT2D eigenvalue weighted by Crippen LogP contribution is 2.64. The highest BCUT2D eigenvalue weighted by atomic mass is 16.6. The van der Waals surface area contributed by atoms with E-state index in [-0.39, 0.29) is 64.8 Å². The molecule has 0 aromatic heterocycles. The van der Waals surface area contributed by atoms with Gasteiger partial charge in [-0.2, -0.15) is 0 Å².